The fraction of sp³-hybridized carbons (Fsp3) is 0.346. The van der Waals surface area contributed by atoms with Gasteiger partial charge in [0.15, 0.2) is 11.3 Å². The predicted octanol–water partition coefficient (Wildman–Crippen LogP) is 13.5. The Bertz CT molecular complexity index is 2610. The van der Waals surface area contributed by atoms with Crippen LogP contribution in [0.2, 0.25) is 0 Å². The molecule has 4 aromatic carbocycles. The van der Waals surface area contributed by atoms with Crippen LogP contribution in [0.15, 0.2) is 97.3 Å². The molecule has 308 valence electrons. The van der Waals surface area contributed by atoms with Gasteiger partial charge in [0.1, 0.15) is 5.75 Å². The first-order valence-electron chi connectivity index (χ1n) is 20.6. The Kier molecular flexibility index (Phi) is 12.0. The zero-order chi connectivity index (χ0) is 41.9. The van der Waals surface area contributed by atoms with Crippen LogP contribution in [-0.4, -0.2) is 29.6 Å². The van der Waals surface area contributed by atoms with Crippen molar-refractivity contribution in [2.24, 2.45) is 0 Å². The summed E-state index contributed by atoms with van der Waals surface area (Å²) < 4.78 is 2.20. The molecule has 0 unspecified atom stereocenters. The van der Waals surface area contributed by atoms with Gasteiger partial charge in [-0.2, -0.15) is 0 Å². The van der Waals surface area contributed by atoms with Gasteiger partial charge in [-0.3, -0.25) is 4.98 Å². The largest absolute Gasteiger partial charge is 0.507 e. The Balaban J connectivity index is 0.00000585. The third-order valence-corrected chi connectivity index (χ3v) is 11.1. The molecule has 0 saturated heterocycles. The van der Waals surface area contributed by atoms with E-state index in [-0.39, 0.29) is 54.9 Å². The summed E-state index contributed by atoms with van der Waals surface area (Å²) in [5.74, 6) is 1.42. The van der Waals surface area contributed by atoms with E-state index < -0.39 is 0 Å². The zero-order valence-corrected chi connectivity index (χ0v) is 39.2. The standard InChI is InChI=1S/C52H58N5O.Pt/c1-31(2)39-25-36(33-18-15-14-16-19-33)26-40(32(3)4)45(39)57-48(56-47-49(57)54-23-22-53-47)35-21-17-20-34(24-35)43-29-38(51(8,9)10)30-44(55-43)41-27-37(50(5,6)7)28-42(46(41)58)52(11,12)13;/h14-23,25-32,58H,1-13H3;/q-1;. The molecule has 0 radical (unpaired) electrons. The summed E-state index contributed by atoms with van der Waals surface area (Å²) in [5.41, 5.74) is 13.6. The van der Waals surface area contributed by atoms with Gasteiger partial charge >= 0.3 is 0 Å². The molecular weight excluding hydrogens is 906 g/mol. The average molecular weight is 964 g/mol. The second-order valence-corrected chi connectivity index (χ2v) is 19.4. The van der Waals surface area contributed by atoms with Crippen molar-refractivity contribution < 1.29 is 26.2 Å². The van der Waals surface area contributed by atoms with Crippen LogP contribution in [0.5, 0.6) is 5.75 Å². The van der Waals surface area contributed by atoms with E-state index in [1.165, 1.54) is 22.3 Å². The molecule has 0 amide bonds. The van der Waals surface area contributed by atoms with Gasteiger partial charge in [-0.05, 0) is 85.7 Å². The van der Waals surface area contributed by atoms with Crippen molar-refractivity contribution in [1.29, 1.82) is 0 Å². The van der Waals surface area contributed by atoms with Crippen molar-refractivity contribution >= 4 is 11.3 Å². The van der Waals surface area contributed by atoms with Crippen molar-refractivity contribution in [3.05, 3.63) is 131 Å². The molecule has 0 saturated carbocycles. The van der Waals surface area contributed by atoms with Gasteiger partial charge < -0.3 is 9.67 Å². The minimum atomic E-state index is -0.269. The predicted molar refractivity (Wildman–Crippen MR) is 241 cm³/mol. The number of hydrogen-bond acceptors (Lipinski definition) is 5. The SMILES string of the molecule is CC(C)c1cc(-c2ccccc2)cc(C(C)C)c1-n1c(-c2[c-]c(-c3cc(C(C)(C)C)cc(-c4cc(C(C)(C)C)cc(C(C)(C)C)c4O)n3)ccc2)nc2nccnc21.[Pt]. The van der Waals surface area contributed by atoms with Gasteiger partial charge in [-0.1, -0.05) is 144 Å². The maximum Gasteiger partial charge on any atom is 0.190 e. The number of hydrogen-bond donors (Lipinski definition) is 1. The molecule has 59 heavy (non-hydrogen) atoms. The first kappa shape index (κ1) is 43.6. The van der Waals surface area contributed by atoms with Gasteiger partial charge in [0.2, 0.25) is 0 Å². The number of aromatic hydroxyl groups is 1. The van der Waals surface area contributed by atoms with Crippen molar-refractivity contribution in [3.63, 3.8) is 0 Å². The van der Waals surface area contributed by atoms with Gasteiger partial charge in [-0.25, -0.2) is 15.0 Å². The van der Waals surface area contributed by atoms with E-state index in [1.807, 2.05) is 0 Å². The van der Waals surface area contributed by atoms with Crippen molar-refractivity contribution in [2.45, 2.75) is 118 Å². The molecule has 0 spiro atoms. The van der Waals surface area contributed by atoms with Crippen LogP contribution in [0.4, 0.5) is 0 Å². The molecule has 1 N–H and O–H groups in total. The first-order chi connectivity index (χ1) is 27.2. The second-order valence-electron chi connectivity index (χ2n) is 19.4. The first-order valence-corrected chi connectivity index (χ1v) is 20.6. The smallest absolute Gasteiger partial charge is 0.190 e. The molecule has 0 aliphatic heterocycles. The van der Waals surface area contributed by atoms with Gasteiger partial charge in [0.25, 0.3) is 0 Å². The number of imidazole rings is 1. The molecule has 6 nitrogen and oxygen atoms in total. The quantitative estimate of drug-likeness (QED) is 0.161. The molecule has 0 atom stereocenters. The topological polar surface area (TPSA) is 76.7 Å². The summed E-state index contributed by atoms with van der Waals surface area (Å²) in [6.07, 6.45) is 3.44. The maximum absolute atomic E-state index is 12.0. The Morgan fingerprint density at radius 1 is 0.593 bits per heavy atom. The Hall–Kier alpha value is -4.93. The number of nitrogens with zero attached hydrogens (tertiary/aromatic N) is 5. The van der Waals surface area contributed by atoms with Crippen LogP contribution in [0.3, 0.4) is 0 Å². The van der Waals surface area contributed by atoms with Crippen LogP contribution < -0.4 is 0 Å². The van der Waals surface area contributed by atoms with E-state index >= 15 is 0 Å². The van der Waals surface area contributed by atoms with E-state index in [1.54, 1.807) is 12.4 Å². The average Bonchev–Trinajstić information content (AvgIpc) is 3.56. The monoisotopic (exact) mass is 963 g/mol. The van der Waals surface area contributed by atoms with Gasteiger partial charge in [-0.15, -0.1) is 24.3 Å². The molecule has 0 fully saturated rings. The number of benzene rings is 4. The minimum absolute atomic E-state index is 0. The van der Waals surface area contributed by atoms with Crippen LogP contribution in [0.25, 0.3) is 62.0 Å². The minimum Gasteiger partial charge on any atom is -0.507 e. The number of phenols is 1. The van der Waals surface area contributed by atoms with Crippen molar-refractivity contribution in [2.75, 3.05) is 0 Å². The zero-order valence-electron chi connectivity index (χ0n) is 36.9. The fourth-order valence-corrected chi connectivity index (χ4v) is 7.64. The van der Waals surface area contributed by atoms with E-state index in [9.17, 15) is 5.11 Å². The van der Waals surface area contributed by atoms with E-state index in [2.05, 4.69) is 186 Å². The number of pyridine rings is 1. The normalized spacial score (nSPS) is 12.4. The Labute approximate surface area is 365 Å². The van der Waals surface area contributed by atoms with Gasteiger partial charge in [0.05, 0.1) is 11.5 Å². The van der Waals surface area contributed by atoms with E-state index in [0.29, 0.717) is 11.3 Å². The van der Waals surface area contributed by atoms with E-state index in [0.717, 1.165) is 56.3 Å². The number of aromatic nitrogens is 5. The summed E-state index contributed by atoms with van der Waals surface area (Å²) in [5, 5.41) is 12.0. The van der Waals surface area contributed by atoms with Crippen LogP contribution in [0.1, 0.15) is 130 Å². The molecular formula is C52H58N5OPt-. The Morgan fingerprint density at radius 3 is 1.76 bits per heavy atom. The molecule has 0 bridgehead atoms. The fourth-order valence-electron chi connectivity index (χ4n) is 7.64. The third kappa shape index (κ3) is 8.71. The maximum atomic E-state index is 12.0. The van der Waals surface area contributed by atoms with E-state index in [4.69, 9.17) is 19.9 Å². The van der Waals surface area contributed by atoms with Crippen LogP contribution in [-0.2, 0) is 37.3 Å². The van der Waals surface area contributed by atoms with Crippen LogP contribution in [0, 0.1) is 6.07 Å². The Morgan fingerprint density at radius 2 is 1.17 bits per heavy atom. The summed E-state index contributed by atoms with van der Waals surface area (Å²) in [7, 11) is 0. The summed E-state index contributed by atoms with van der Waals surface area (Å²) in [4.78, 5) is 20.1. The number of phenolic OH excluding ortho intramolecular Hbond substituents is 1. The molecule has 3 heterocycles. The van der Waals surface area contributed by atoms with Crippen LogP contribution >= 0.6 is 0 Å². The van der Waals surface area contributed by atoms with Gasteiger partial charge in [0, 0.05) is 56.0 Å². The molecule has 0 aliphatic rings. The molecule has 7 heteroatoms. The summed E-state index contributed by atoms with van der Waals surface area (Å²) >= 11 is 0. The number of rotatable bonds is 7. The van der Waals surface area contributed by atoms with Crippen molar-refractivity contribution in [3.8, 4) is 56.5 Å². The summed E-state index contributed by atoms with van der Waals surface area (Å²) in [6.45, 7) is 28.7. The summed E-state index contributed by atoms with van der Waals surface area (Å²) in [6, 6.07) is 33.8. The molecule has 7 rings (SSSR count). The molecule has 7 aromatic rings. The number of fused-ring (bicyclic) bond motifs is 1. The molecule has 0 aliphatic carbocycles. The molecule has 3 aromatic heterocycles. The third-order valence-electron chi connectivity index (χ3n) is 11.1. The van der Waals surface area contributed by atoms with Crippen molar-refractivity contribution in [1.82, 2.24) is 24.5 Å². The second kappa shape index (κ2) is 16.3.